The number of rotatable bonds is 2. The minimum absolute atomic E-state index is 0.000893. The van der Waals surface area contributed by atoms with E-state index in [4.69, 9.17) is 4.74 Å². The summed E-state index contributed by atoms with van der Waals surface area (Å²) in [6, 6.07) is 1.83. The van der Waals surface area contributed by atoms with Crippen LogP contribution in [0.4, 0.5) is 32.0 Å². The predicted octanol–water partition coefficient (Wildman–Crippen LogP) is 7.27. The molecule has 3 nitrogen and oxygen atoms in total. The second-order valence-electron chi connectivity index (χ2n) is 12.6. The van der Waals surface area contributed by atoms with Crippen LogP contribution < -0.4 is 4.90 Å². The number of anilines is 1. The number of halogens is 6. The number of carbonyl (C=O) groups excluding carboxylic acids is 1. The highest BCUT2D eigenvalue weighted by molar-refractivity contribution is 5.87. The number of nitrogens with zero attached hydrogens (tertiary/aromatic N) is 1. The zero-order valence-electron chi connectivity index (χ0n) is 21.3. The molecule has 0 amide bonds. The fourth-order valence-corrected chi connectivity index (χ4v) is 9.58. The van der Waals surface area contributed by atoms with Gasteiger partial charge in [-0.3, -0.25) is 4.79 Å². The van der Waals surface area contributed by atoms with Crippen LogP contribution in [0.15, 0.2) is 18.2 Å². The highest BCUT2D eigenvalue weighted by Crippen LogP contribution is 2.75. The SMILES string of the molecule is CO[C@H]1CC[C@]2(C)[C@H]3CC[C@]4(C)C(=O)CC[C@H]4[C@@H]3CC3N(c4cc(C(F)(F)F)cc(C(F)(F)F)c4)C32C1. The fourth-order valence-electron chi connectivity index (χ4n) is 9.58. The van der Waals surface area contributed by atoms with Crippen LogP contribution in [-0.2, 0) is 21.9 Å². The maximum absolute atomic E-state index is 13.7. The molecule has 1 aromatic carbocycles. The molecule has 0 bridgehead atoms. The van der Waals surface area contributed by atoms with Crippen molar-refractivity contribution in [2.45, 2.75) is 95.3 Å². The molecule has 0 N–H and O–H groups in total. The number of ether oxygens (including phenoxy) is 1. The van der Waals surface area contributed by atoms with Crippen molar-refractivity contribution in [3.8, 4) is 0 Å². The quantitative estimate of drug-likeness (QED) is 0.298. The van der Waals surface area contributed by atoms with Crippen LogP contribution >= 0.6 is 0 Å². The van der Waals surface area contributed by atoms with Crippen molar-refractivity contribution >= 4 is 11.5 Å². The molecule has 1 heterocycles. The van der Waals surface area contributed by atoms with Gasteiger partial charge in [-0.2, -0.15) is 26.3 Å². The molecule has 6 rings (SSSR count). The first-order chi connectivity index (χ1) is 17.2. The average molecular weight is 530 g/mol. The second-order valence-corrected chi connectivity index (χ2v) is 12.6. The highest BCUT2D eigenvalue weighted by Gasteiger charge is 2.79. The summed E-state index contributed by atoms with van der Waals surface area (Å²) in [4.78, 5) is 14.7. The normalized spacial score (nSPS) is 43.1. The van der Waals surface area contributed by atoms with Crippen LogP contribution in [0.3, 0.4) is 0 Å². The molecule has 204 valence electrons. The van der Waals surface area contributed by atoms with Crippen molar-refractivity contribution in [1.82, 2.24) is 0 Å². The van der Waals surface area contributed by atoms with Gasteiger partial charge >= 0.3 is 12.4 Å². The van der Waals surface area contributed by atoms with E-state index in [1.165, 1.54) is 0 Å². The molecule has 1 aliphatic heterocycles. The van der Waals surface area contributed by atoms with E-state index in [2.05, 4.69) is 13.8 Å². The van der Waals surface area contributed by atoms with E-state index >= 15 is 0 Å². The van der Waals surface area contributed by atoms with Crippen molar-refractivity contribution in [3.05, 3.63) is 29.3 Å². The topological polar surface area (TPSA) is 29.3 Å². The summed E-state index contributed by atoms with van der Waals surface area (Å²) in [5.41, 5.74) is -3.74. The summed E-state index contributed by atoms with van der Waals surface area (Å²) < 4.78 is 88.2. The Bertz CT molecular complexity index is 1100. The van der Waals surface area contributed by atoms with Gasteiger partial charge in [0.15, 0.2) is 0 Å². The first kappa shape index (κ1) is 25.5. The van der Waals surface area contributed by atoms with Gasteiger partial charge in [-0.15, -0.1) is 0 Å². The lowest BCUT2D eigenvalue weighted by Gasteiger charge is -2.59. The molecule has 2 unspecified atom stereocenters. The van der Waals surface area contributed by atoms with E-state index in [9.17, 15) is 31.1 Å². The largest absolute Gasteiger partial charge is 0.416 e. The zero-order chi connectivity index (χ0) is 26.8. The van der Waals surface area contributed by atoms with Gasteiger partial charge in [0.05, 0.1) is 28.8 Å². The number of benzene rings is 1. The number of hydrogen-bond donors (Lipinski definition) is 0. The molecule has 5 fully saturated rings. The molecule has 0 aromatic heterocycles. The summed E-state index contributed by atoms with van der Waals surface area (Å²) in [6.07, 6.45) is -3.89. The minimum atomic E-state index is -4.89. The van der Waals surface area contributed by atoms with Crippen LogP contribution in [0.1, 0.15) is 76.3 Å². The standard InChI is InChI=1S/C28H33F6NO2/c1-24-8-7-21-19(20(24)4-5-23(24)36)13-22-26(14-18(37-3)6-9-25(21,26)2)35(22)17-11-15(27(29,30)31)10-16(12-17)28(32,33)34/h10-12,18-22H,4-9,13-14H2,1-3H3/t18-,19-,20-,21-,22?,24-,25+,26?,35?/m0/s1. The Morgan fingerprint density at radius 2 is 1.57 bits per heavy atom. The lowest BCUT2D eigenvalue weighted by Crippen LogP contribution is -2.59. The minimum Gasteiger partial charge on any atom is -0.381 e. The third-order valence-corrected chi connectivity index (χ3v) is 11.4. The Morgan fingerprint density at radius 1 is 0.919 bits per heavy atom. The van der Waals surface area contributed by atoms with Crippen LogP contribution in [0.5, 0.6) is 0 Å². The van der Waals surface area contributed by atoms with Crippen molar-refractivity contribution in [2.75, 3.05) is 12.0 Å². The number of fused-ring (bicyclic) bond motifs is 4. The van der Waals surface area contributed by atoms with Crippen LogP contribution in [0, 0.1) is 28.6 Å². The van der Waals surface area contributed by atoms with Gasteiger partial charge in [0, 0.05) is 24.6 Å². The molecule has 1 saturated heterocycles. The molecule has 8 atom stereocenters. The summed E-state index contributed by atoms with van der Waals surface area (Å²) in [5, 5.41) is 0. The molecule has 4 aliphatic carbocycles. The third-order valence-electron chi connectivity index (χ3n) is 11.4. The summed E-state index contributed by atoms with van der Waals surface area (Å²) in [6.45, 7) is 4.28. The highest BCUT2D eigenvalue weighted by atomic mass is 19.4. The molecule has 9 heteroatoms. The van der Waals surface area contributed by atoms with Crippen LogP contribution in [0.2, 0.25) is 0 Å². The van der Waals surface area contributed by atoms with Gasteiger partial charge in [0.25, 0.3) is 0 Å². The number of alkyl halides is 6. The van der Waals surface area contributed by atoms with Gasteiger partial charge in [-0.25, -0.2) is 0 Å². The van der Waals surface area contributed by atoms with Gasteiger partial charge < -0.3 is 9.64 Å². The summed E-state index contributed by atoms with van der Waals surface area (Å²) in [7, 11) is 1.62. The Balaban J connectivity index is 1.47. The van der Waals surface area contributed by atoms with Crippen molar-refractivity contribution in [2.24, 2.45) is 28.6 Å². The molecule has 37 heavy (non-hydrogen) atoms. The van der Waals surface area contributed by atoms with Gasteiger partial charge in [0.2, 0.25) is 0 Å². The van der Waals surface area contributed by atoms with Crippen molar-refractivity contribution in [1.29, 1.82) is 0 Å². The zero-order valence-corrected chi connectivity index (χ0v) is 21.3. The van der Waals surface area contributed by atoms with Gasteiger partial charge in [0.1, 0.15) is 5.78 Å². The monoisotopic (exact) mass is 529 g/mol. The van der Waals surface area contributed by atoms with E-state index in [-0.39, 0.29) is 52.5 Å². The molecule has 0 radical (unpaired) electrons. The van der Waals surface area contributed by atoms with E-state index in [0.717, 1.165) is 44.2 Å². The number of methoxy groups -OCH3 is 1. The first-order valence-corrected chi connectivity index (χ1v) is 13.3. The Morgan fingerprint density at radius 3 is 2.16 bits per heavy atom. The van der Waals surface area contributed by atoms with Crippen LogP contribution in [-0.4, -0.2) is 30.6 Å². The second kappa shape index (κ2) is 7.66. The Hall–Kier alpha value is -1.77. The maximum atomic E-state index is 13.7. The Labute approximate surface area is 212 Å². The molecule has 5 aliphatic rings. The van der Waals surface area contributed by atoms with Crippen molar-refractivity contribution in [3.63, 3.8) is 0 Å². The average Bonchev–Trinajstić information content (AvgIpc) is 3.36. The smallest absolute Gasteiger partial charge is 0.381 e. The number of Topliss-reactive ketones (excluding diaryl/α,β-unsaturated/α-hetero) is 1. The molecular formula is C28H33F6NO2. The van der Waals surface area contributed by atoms with Crippen molar-refractivity contribution < 1.29 is 35.9 Å². The predicted molar refractivity (Wildman–Crippen MR) is 125 cm³/mol. The maximum Gasteiger partial charge on any atom is 0.416 e. The molecule has 4 saturated carbocycles. The lowest BCUT2D eigenvalue weighted by atomic mass is 9.45. The Kier molecular flexibility index (Phi) is 5.28. The number of ketones is 1. The molecule has 1 spiro atoms. The summed E-state index contributed by atoms with van der Waals surface area (Å²) in [5.74, 6) is 1.05. The van der Waals surface area contributed by atoms with E-state index in [1.807, 2.05) is 4.90 Å². The van der Waals surface area contributed by atoms with Gasteiger partial charge in [-0.1, -0.05) is 13.8 Å². The third kappa shape index (κ3) is 3.34. The molecular weight excluding hydrogens is 496 g/mol. The van der Waals surface area contributed by atoms with E-state index in [0.29, 0.717) is 25.0 Å². The van der Waals surface area contributed by atoms with Gasteiger partial charge in [-0.05, 0) is 86.3 Å². The van der Waals surface area contributed by atoms with E-state index < -0.39 is 29.0 Å². The van der Waals surface area contributed by atoms with E-state index in [1.54, 1.807) is 7.11 Å². The number of hydrogen-bond acceptors (Lipinski definition) is 3. The lowest BCUT2D eigenvalue weighted by molar-refractivity contribution is -0.143. The first-order valence-electron chi connectivity index (χ1n) is 13.3. The fraction of sp³-hybridized carbons (Fsp3) is 0.750. The van der Waals surface area contributed by atoms with Crippen LogP contribution in [0.25, 0.3) is 0 Å². The number of carbonyl (C=O) groups is 1. The summed E-state index contributed by atoms with van der Waals surface area (Å²) >= 11 is 0. The molecule has 1 aromatic rings.